The number of rotatable bonds is 5. The van der Waals surface area contributed by atoms with E-state index in [1.807, 2.05) is 0 Å². The number of aliphatic imine (C=N–C) groups is 1. The van der Waals surface area contributed by atoms with Crippen LogP contribution in [0, 0.1) is 0 Å². The lowest BCUT2D eigenvalue weighted by atomic mass is 10.2. The highest BCUT2D eigenvalue weighted by molar-refractivity contribution is 14.0. The molecule has 0 aliphatic heterocycles. The van der Waals surface area contributed by atoms with Gasteiger partial charge in [0.15, 0.2) is 5.96 Å². The number of alkyl halides is 3. The maximum atomic E-state index is 12.4. The van der Waals surface area contributed by atoms with E-state index in [9.17, 15) is 13.2 Å². The molecule has 1 aromatic heterocycles. The van der Waals surface area contributed by atoms with Gasteiger partial charge in [-0.1, -0.05) is 18.2 Å². The number of benzene rings is 1. The molecule has 132 valence electrons. The number of H-pyrrole nitrogens is 1. The normalized spacial score (nSPS) is 11.6. The number of aromatic nitrogens is 2. The molecule has 1 aromatic carbocycles. The zero-order valence-corrected chi connectivity index (χ0v) is 15.1. The molecule has 0 spiro atoms. The smallest absolute Gasteiger partial charge is 0.405 e. The average molecular weight is 455 g/mol. The van der Waals surface area contributed by atoms with Gasteiger partial charge >= 0.3 is 6.36 Å². The van der Waals surface area contributed by atoms with Crippen LogP contribution in [0.3, 0.4) is 0 Å². The molecule has 0 bridgehead atoms. The maximum Gasteiger partial charge on any atom is 0.573 e. The van der Waals surface area contributed by atoms with Crippen molar-refractivity contribution in [2.75, 3.05) is 7.05 Å². The van der Waals surface area contributed by atoms with E-state index >= 15 is 0 Å². The number of nitrogens with zero attached hydrogens (tertiary/aromatic N) is 2. The van der Waals surface area contributed by atoms with E-state index in [1.54, 1.807) is 31.4 Å². The molecular weight excluding hydrogens is 438 g/mol. The number of nitrogens with one attached hydrogen (secondary N) is 3. The van der Waals surface area contributed by atoms with Crippen LogP contribution in [0.5, 0.6) is 5.75 Å². The van der Waals surface area contributed by atoms with Gasteiger partial charge in [-0.3, -0.25) is 10.1 Å². The predicted octanol–water partition coefficient (Wildman–Crippen LogP) is 2.79. The zero-order chi connectivity index (χ0) is 16.7. The van der Waals surface area contributed by atoms with Gasteiger partial charge in [-0.05, 0) is 12.1 Å². The molecule has 0 aliphatic rings. The van der Waals surface area contributed by atoms with Crippen molar-refractivity contribution < 1.29 is 17.9 Å². The first-order valence-corrected chi connectivity index (χ1v) is 6.74. The van der Waals surface area contributed by atoms with Gasteiger partial charge in [0, 0.05) is 25.4 Å². The monoisotopic (exact) mass is 455 g/mol. The fourth-order valence-electron chi connectivity index (χ4n) is 1.84. The first-order chi connectivity index (χ1) is 11.0. The van der Waals surface area contributed by atoms with Gasteiger partial charge in [-0.25, -0.2) is 0 Å². The molecule has 3 N–H and O–H groups in total. The van der Waals surface area contributed by atoms with Crippen LogP contribution >= 0.6 is 24.0 Å². The minimum Gasteiger partial charge on any atom is -0.405 e. The van der Waals surface area contributed by atoms with Gasteiger partial charge in [0.1, 0.15) is 5.75 Å². The Hall–Kier alpha value is -1.98. The minimum atomic E-state index is -4.73. The van der Waals surface area contributed by atoms with Crippen LogP contribution < -0.4 is 15.4 Å². The van der Waals surface area contributed by atoms with Crippen molar-refractivity contribution in [3.8, 4) is 5.75 Å². The number of ether oxygens (including phenoxy) is 1. The molecule has 0 saturated heterocycles. The first-order valence-electron chi connectivity index (χ1n) is 6.74. The molecule has 6 nitrogen and oxygen atoms in total. The van der Waals surface area contributed by atoms with Crippen molar-refractivity contribution in [3.05, 3.63) is 47.8 Å². The summed E-state index contributed by atoms with van der Waals surface area (Å²) in [6.07, 6.45) is -3.10. The molecule has 0 unspecified atom stereocenters. The highest BCUT2D eigenvalue weighted by Gasteiger charge is 2.31. The number of guanidine groups is 1. The lowest BCUT2D eigenvalue weighted by molar-refractivity contribution is -0.274. The van der Waals surface area contributed by atoms with Crippen molar-refractivity contribution >= 4 is 29.9 Å². The van der Waals surface area contributed by atoms with E-state index in [4.69, 9.17) is 0 Å². The van der Waals surface area contributed by atoms with E-state index < -0.39 is 6.36 Å². The van der Waals surface area contributed by atoms with E-state index in [-0.39, 0.29) is 36.3 Å². The highest BCUT2D eigenvalue weighted by atomic mass is 127. The van der Waals surface area contributed by atoms with Crippen LogP contribution in [-0.4, -0.2) is 29.6 Å². The third-order valence-electron chi connectivity index (χ3n) is 2.87. The Morgan fingerprint density at radius 2 is 1.92 bits per heavy atom. The van der Waals surface area contributed by atoms with Crippen LogP contribution in [0.25, 0.3) is 0 Å². The molecule has 1 heterocycles. The van der Waals surface area contributed by atoms with Gasteiger partial charge in [-0.15, -0.1) is 37.1 Å². The van der Waals surface area contributed by atoms with E-state index in [0.717, 1.165) is 5.69 Å². The van der Waals surface area contributed by atoms with Gasteiger partial charge in [0.2, 0.25) is 0 Å². The van der Waals surface area contributed by atoms with E-state index in [1.165, 1.54) is 12.1 Å². The number of para-hydroxylation sites is 1. The fraction of sp³-hybridized carbons (Fsp3) is 0.286. The minimum absolute atomic E-state index is 0. The molecule has 0 saturated carbocycles. The Labute approximate surface area is 153 Å². The Morgan fingerprint density at radius 3 is 2.54 bits per heavy atom. The van der Waals surface area contributed by atoms with Crippen molar-refractivity contribution in [1.82, 2.24) is 20.8 Å². The van der Waals surface area contributed by atoms with Crippen LogP contribution in [0.4, 0.5) is 13.2 Å². The van der Waals surface area contributed by atoms with Crippen molar-refractivity contribution in [2.45, 2.75) is 19.5 Å². The number of aromatic amines is 1. The average Bonchev–Trinajstić information content (AvgIpc) is 3.01. The Kier molecular flexibility index (Phi) is 7.82. The summed E-state index contributed by atoms with van der Waals surface area (Å²) in [6.45, 7) is 0.593. The van der Waals surface area contributed by atoms with Gasteiger partial charge in [0.25, 0.3) is 0 Å². The SMILES string of the molecule is CN=C(NCc1ccn[nH]1)NCc1ccccc1OC(F)(F)F.I. The van der Waals surface area contributed by atoms with Gasteiger partial charge in [-0.2, -0.15) is 5.10 Å². The molecule has 10 heteroatoms. The Balaban J connectivity index is 0.00000288. The second-order valence-corrected chi connectivity index (χ2v) is 4.52. The standard InChI is InChI=1S/C14H16F3N5O.HI/c1-18-13(20-9-11-6-7-21-22-11)19-8-10-4-2-3-5-12(10)23-14(15,16)17;/h2-7H,8-9H2,1H3,(H,21,22)(H2,18,19,20);1H. The summed E-state index contributed by atoms with van der Waals surface area (Å²) < 4.78 is 41.1. The van der Waals surface area contributed by atoms with Crippen LogP contribution in [0.1, 0.15) is 11.3 Å². The molecule has 2 aromatic rings. The Bertz CT molecular complexity index is 646. The third kappa shape index (κ3) is 6.64. The molecule has 2 rings (SSSR count). The molecule has 0 amide bonds. The largest absolute Gasteiger partial charge is 0.573 e. The summed E-state index contributed by atoms with van der Waals surface area (Å²) in [5.74, 6) is 0.206. The number of hydrogen-bond donors (Lipinski definition) is 3. The lowest BCUT2D eigenvalue weighted by Gasteiger charge is -2.15. The summed E-state index contributed by atoms with van der Waals surface area (Å²) >= 11 is 0. The quantitative estimate of drug-likeness (QED) is 0.369. The summed E-state index contributed by atoms with van der Waals surface area (Å²) in [6, 6.07) is 7.74. The van der Waals surface area contributed by atoms with Crippen LogP contribution in [-0.2, 0) is 13.1 Å². The molecule has 24 heavy (non-hydrogen) atoms. The third-order valence-corrected chi connectivity index (χ3v) is 2.87. The van der Waals surface area contributed by atoms with Crippen LogP contribution in [0.2, 0.25) is 0 Å². The highest BCUT2D eigenvalue weighted by Crippen LogP contribution is 2.25. The molecule has 0 fully saturated rings. The lowest BCUT2D eigenvalue weighted by Crippen LogP contribution is -2.36. The second kappa shape index (κ2) is 9.35. The fourth-order valence-corrected chi connectivity index (χ4v) is 1.84. The summed E-state index contributed by atoms with van der Waals surface area (Å²) in [7, 11) is 1.57. The predicted molar refractivity (Wildman–Crippen MR) is 94.2 cm³/mol. The maximum absolute atomic E-state index is 12.4. The molecule has 0 radical (unpaired) electrons. The summed E-state index contributed by atoms with van der Waals surface area (Å²) in [5.41, 5.74) is 1.23. The summed E-state index contributed by atoms with van der Waals surface area (Å²) in [5, 5.41) is 12.5. The zero-order valence-electron chi connectivity index (χ0n) is 12.7. The van der Waals surface area contributed by atoms with Crippen molar-refractivity contribution in [2.24, 2.45) is 4.99 Å². The second-order valence-electron chi connectivity index (χ2n) is 4.52. The number of hydrogen-bond acceptors (Lipinski definition) is 3. The van der Waals surface area contributed by atoms with Gasteiger partial charge < -0.3 is 15.4 Å². The molecular formula is C14H17F3IN5O. The first kappa shape index (κ1) is 20.1. The number of halogens is 4. The molecule has 0 aliphatic carbocycles. The van der Waals surface area contributed by atoms with Crippen LogP contribution in [0.15, 0.2) is 41.5 Å². The van der Waals surface area contributed by atoms with Gasteiger partial charge in [0.05, 0.1) is 12.2 Å². The van der Waals surface area contributed by atoms with Crippen molar-refractivity contribution in [1.29, 1.82) is 0 Å². The topological polar surface area (TPSA) is 74.3 Å². The van der Waals surface area contributed by atoms with Crippen molar-refractivity contribution in [3.63, 3.8) is 0 Å². The van der Waals surface area contributed by atoms with E-state index in [0.29, 0.717) is 18.1 Å². The Morgan fingerprint density at radius 1 is 1.21 bits per heavy atom. The van der Waals surface area contributed by atoms with E-state index in [2.05, 4.69) is 30.6 Å². The summed E-state index contributed by atoms with van der Waals surface area (Å²) in [4.78, 5) is 4.00. The molecule has 0 atom stereocenters.